The van der Waals surface area contributed by atoms with Crippen LogP contribution >= 0.6 is 11.8 Å². The van der Waals surface area contributed by atoms with Gasteiger partial charge < -0.3 is 4.90 Å². The quantitative estimate of drug-likeness (QED) is 0.530. The molecule has 0 saturated heterocycles. The molecule has 0 atom stereocenters. The van der Waals surface area contributed by atoms with Gasteiger partial charge in [0.25, 0.3) is 0 Å². The molecule has 2 nitrogen and oxygen atoms in total. The molecule has 0 saturated carbocycles. The highest BCUT2D eigenvalue weighted by molar-refractivity contribution is 8.14. The van der Waals surface area contributed by atoms with Gasteiger partial charge in [-0.15, -0.1) is 0 Å². The van der Waals surface area contributed by atoms with Crippen molar-refractivity contribution in [3.05, 3.63) is 0 Å². The molecular weight excluding hydrogens is 144 g/mol. The van der Waals surface area contributed by atoms with Crippen molar-refractivity contribution in [2.24, 2.45) is 4.99 Å². The summed E-state index contributed by atoms with van der Waals surface area (Å²) in [7, 11) is 4.07. The van der Waals surface area contributed by atoms with E-state index in [9.17, 15) is 0 Å². The van der Waals surface area contributed by atoms with E-state index in [1.807, 2.05) is 25.9 Å². The molecule has 1 aliphatic heterocycles. The van der Waals surface area contributed by atoms with Crippen molar-refractivity contribution >= 4 is 16.9 Å². The third-order valence-corrected chi connectivity index (χ3v) is 2.90. The highest BCUT2D eigenvalue weighted by atomic mass is 32.2. The minimum absolute atomic E-state index is 0.157. The Bertz CT molecular complexity index is 161. The van der Waals surface area contributed by atoms with Crippen molar-refractivity contribution < 1.29 is 0 Å². The molecule has 0 aromatic carbocycles. The molecule has 0 N–H and O–H groups in total. The SMILES string of the molecule is CN(C)C1=NC(C)(C)CS1. The lowest BCUT2D eigenvalue weighted by atomic mass is 10.1. The maximum Gasteiger partial charge on any atom is 0.159 e. The van der Waals surface area contributed by atoms with E-state index >= 15 is 0 Å². The Morgan fingerprint density at radius 3 is 2.30 bits per heavy atom. The zero-order chi connectivity index (χ0) is 7.78. The smallest absolute Gasteiger partial charge is 0.159 e. The Kier molecular flexibility index (Phi) is 1.95. The number of thioether (sulfide) groups is 1. The summed E-state index contributed by atoms with van der Waals surface area (Å²) < 4.78 is 0. The second-order valence-corrected chi connectivity index (χ2v) is 4.33. The van der Waals surface area contributed by atoms with Gasteiger partial charge in [-0.25, -0.2) is 0 Å². The van der Waals surface area contributed by atoms with Crippen LogP contribution in [0, 0.1) is 0 Å². The van der Waals surface area contributed by atoms with Crippen LogP contribution in [0.15, 0.2) is 4.99 Å². The highest BCUT2D eigenvalue weighted by Crippen LogP contribution is 2.27. The summed E-state index contributed by atoms with van der Waals surface area (Å²) in [5.41, 5.74) is 0.157. The number of hydrogen-bond donors (Lipinski definition) is 0. The van der Waals surface area contributed by atoms with Crippen molar-refractivity contribution in [3.8, 4) is 0 Å². The Hall–Kier alpha value is -0.180. The van der Waals surface area contributed by atoms with E-state index in [0.717, 1.165) is 10.9 Å². The molecule has 1 rings (SSSR count). The van der Waals surface area contributed by atoms with Crippen molar-refractivity contribution in [3.63, 3.8) is 0 Å². The molecule has 1 aliphatic rings. The van der Waals surface area contributed by atoms with Crippen LogP contribution in [0.5, 0.6) is 0 Å². The minimum atomic E-state index is 0.157. The fourth-order valence-electron chi connectivity index (χ4n) is 0.794. The van der Waals surface area contributed by atoms with Crippen molar-refractivity contribution in [1.82, 2.24) is 4.90 Å². The lowest BCUT2D eigenvalue weighted by molar-refractivity contribution is 0.577. The van der Waals surface area contributed by atoms with Gasteiger partial charge in [-0.05, 0) is 13.8 Å². The van der Waals surface area contributed by atoms with Crippen LogP contribution in [0.3, 0.4) is 0 Å². The molecule has 0 radical (unpaired) electrons. The Morgan fingerprint density at radius 2 is 2.10 bits per heavy atom. The van der Waals surface area contributed by atoms with E-state index < -0.39 is 0 Å². The van der Waals surface area contributed by atoms with E-state index in [0.29, 0.717) is 0 Å². The standard InChI is InChI=1S/C7H14N2S/c1-7(2)5-10-6(8-7)9(3)4/h5H2,1-4H3. The molecule has 3 heteroatoms. The fourth-order valence-corrected chi connectivity index (χ4v) is 1.91. The monoisotopic (exact) mass is 158 g/mol. The molecule has 0 aromatic rings. The molecular formula is C7H14N2S. The van der Waals surface area contributed by atoms with Crippen LogP contribution in [0.2, 0.25) is 0 Å². The van der Waals surface area contributed by atoms with Crippen molar-refractivity contribution in [1.29, 1.82) is 0 Å². The third kappa shape index (κ3) is 1.66. The van der Waals surface area contributed by atoms with Gasteiger partial charge in [0.2, 0.25) is 0 Å². The molecule has 0 aromatic heterocycles. The summed E-state index contributed by atoms with van der Waals surface area (Å²) in [4.78, 5) is 6.59. The van der Waals surface area contributed by atoms with E-state index in [4.69, 9.17) is 0 Å². The Balaban J connectivity index is 2.66. The number of hydrogen-bond acceptors (Lipinski definition) is 3. The summed E-state index contributed by atoms with van der Waals surface area (Å²) in [6.07, 6.45) is 0. The average Bonchev–Trinajstić information content (AvgIpc) is 2.10. The van der Waals surface area contributed by atoms with Crippen LogP contribution in [-0.2, 0) is 0 Å². The Morgan fingerprint density at radius 1 is 1.50 bits per heavy atom. The number of rotatable bonds is 0. The van der Waals surface area contributed by atoms with Gasteiger partial charge in [0.15, 0.2) is 5.17 Å². The highest BCUT2D eigenvalue weighted by Gasteiger charge is 2.25. The predicted molar refractivity (Wildman–Crippen MR) is 47.7 cm³/mol. The molecule has 1 heterocycles. The zero-order valence-electron chi connectivity index (χ0n) is 7.01. The summed E-state index contributed by atoms with van der Waals surface area (Å²) in [6, 6.07) is 0. The first-order chi connectivity index (χ1) is 4.51. The van der Waals surface area contributed by atoms with Gasteiger partial charge in [0, 0.05) is 19.8 Å². The fraction of sp³-hybridized carbons (Fsp3) is 0.857. The van der Waals surface area contributed by atoms with Crippen molar-refractivity contribution in [2.75, 3.05) is 19.8 Å². The van der Waals surface area contributed by atoms with E-state index in [1.54, 1.807) is 0 Å². The largest absolute Gasteiger partial charge is 0.358 e. The summed E-state index contributed by atoms with van der Waals surface area (Å²) >= 11 is 1.83. The number of nitrogens with zero attached hydrogens (tertiary/aromatic N) is 2. The predicted octanol–water partition coefficient (Wildman–Crippen LogP) is 1.43. The van der Waals surface area contributed by atoms with E-state index in [1.165, 1.54) is 0 Å². The first kappa shape index (κ1) is 7.92. The van der Waals surface area contributed by atoms with Gasteiger partial charge in [-0.3, -0.25) is 4.99 Å². The second kappa shape index (κ2) is 2.46. The van der Waals surface area contributed by atoms with Gasteiger partial charge >= 0.3 is 0 Å². The molecule has 58 valence electrons. The molecule has 0 spiro atoms. The third-order valence-electron chi connectivity index (χ3n) is 1.34. The van der Waals surface area contributed by atoms with Crippen LogP contribution in [0.1, 0.15) is 13.8 Å². The molecule has 0 bridgehead atoms. The molecule has 0 aliphatic carbocycles. The van der Waals surface area contributed by atoms with Gasteiger partial charge in [-0.2, -0.15) is 0 Å². The van der Waals surface area contributed by atoms with E-state index in [2.05, 4.69) is 23.7 Å². The zero-order valence-corrected chi connectivity index (χ0v) is 7.83. The number of amidine groups is 1. The van der Waals surface area contributed by atoms with Crippen LogP contribution in [0.25, 0.3) is 0 Å². The second-order valence-electron chi connectivity index (χ2n) is 3.39. The normalized spacial score (nSPS) is 22.6. The molecule has 0 fully saturated rings. The first-order valence-corrected chi connectivity index (χ1v) is 4.40. The topological polar surface area (TPSA) is 15.6 Å². The Labute approximate surface area is 66.7 Å². The molecule has 10 heavy (non-hydrogen) atoms. The lowest BCUT2D eigenvalue weighted by Gasteiger charge is -2.11. The maximum atomic E-state index is 4.53. The maximum absolute atomic E-state index is 4.53. The van der Waals surface area contributed by atoms with E-state index in [-0.39, 0.29) is 5.54 Å². The van der Waals surface area contributed by atoms with Crippen LogP contribution in [0.4, 0.5) is 0 Å². The van der Waals surface area contributed by atoms with Crippen molar-refractivity contribution in [2.45, 2.75) is 19.4 Å². The summed E-state index contributed by atoms with van der Waals surface area (Å²) in [5.74, 6) is 1.11. The van der Waals surface area contributed by atoms with Gasteiger partial charge in [-0.1, -0.05) is 11.8 Å². The lowest BCUT2D eigenvalue weighted by Crippen LogP contribution is -2.18. The minimum Gasteiger partial charge on any atom is -0.358 e. The number of aliphatic imine (C=N–C) groups is 1. The van der Waals surface area contributed by atoms with Gasteiger partial charge in [0.05, 0.1) is 5.54 Å². The average molecular weight is 158 g/mol. The summed E-state index contributed by atoms with van der Waals surface area (Å²) in [5, 5.41) is 1.16. The van der Waals surface area contributed by atoms with Crippen LogP contribution < -0.4 is 0 Å². The molecule has 0 unspecified atom stereocenters. The molecule has 0 amide bonds. The van der Waals surface area contributed by atoms with Gasteiger partial charge in [0.1, 0.15) is 0 Å². The summed E-state index contributed by atoms with van der Waals surface area (Å²) in [6.45, 7) is 4.33. The van der Waals surface area contributed by atoms with Crippen LogP contribution in [-0.4, -0.2) is 35.5 Å². The first-order valence-electron chi connectivity index (χ1n) is 3.41.